The van der Waals surface area contributed by atoms with Crippen LogP contribution >= 0.6 is 11.8 Å². The third-order valence-corrected chi connectivity index (χ3v) is 3.86. The number of carbonyl (C=O) groups is 1. The maximum Gasteiger partial charge on any atom is 0.269 e. The summed E-state index contributed by atoms with van der Waals surface area (Å²) in [6.07, 6.45) is 0. The summed E-state index contributed by atoms with van der Waals surface area (Å²) < 4.78 is 0. The molecule has 0 aromatic heterocycles. The fourth-order valence-corrected chi connectivity index (χ4v) is 2.41. The number of aromatic hydroxyl groups is 1. The van der Waals surface area contributed by atoms with Gasteiger partial charge in [0, 0.05) is 23.6 Å². The number of thioether (sulfide) groups is 1. The summed E-state index contributed by atoms with van der Waals surface area (Å²) in [4.78, 5) is 22.7. The van der Waals surface area contributed by atoms with Crippen LogP contribution in [0.15, 0.2) is 53.4 Å². The summed E-state index contributed by atoms with van der Waals surface area (Å²) >= 11 is 1.37. The highest BCUT2D eigenvalue weighted by molar-refractivity contribution is 8.00. The number of nitrogens with one attached hydrogen (secondary N) is 1. The third kappa shape index (κ3) is 4.78. The van der Waals surface area contributed by atoms with Crippen molar-refractivity contribution in [1.29, 1.82) is 0 Å². The predicted octanol–water partition coefficient (Wildman–Crippen LogP) is 2.71. The molecule has 7 heteroatoms. The number of non-ortho nitro benzene ring substituents is 1. The standard InChI is InChI=1S/C15H14N2O4S/c18-13-5-7-14(8-6-13)22-10-15(19)16-9-11-1-3-12(4-2-11)17(20)21/h1-8,18H,9-10H2,(H,16,19). The minimum Gasteiger partial charge on any atom is -0.508 e. The van der Waals surface area contributed by atoms with E-state index >= 15 is 0 Å². The van der Waals surface area contributed by atoms with Crippen LogP contribution in [0.1, 0.15) is 5.56 Å². The van der Waals surface area contributed by atoms with Crippen molar-refractivity contribution in [3.63, 3.8) is 0 Å². The molecule has 0 unspecified atom stereocenters. The number of hydrogen-bond donors (Lipinski definition) is 2. The molecule has 6 nitrogen and oxygen atoms in total. The number of amides is 1. The van der Waals surface area contributed by atoms with E-state index in [1.807, 2.05) is 0 Å². The summed E-state index contributed by atoms with van der Waals surface area (Å²) in [7, 11) is 0. The molecule has 0 fully saturated rings. The van der Waals surface area contributed by atoms with E-state index in [9.17, 15) is 14.9 Å². The normalized spacial score (nSPS) is 10.2. The van der Waals surface area contributed by atoms with Crippen molar-refractivity contribution >= 4 is 23.4 Å². The zero-order valence-corrected chi connectivity index (χ0v) is 12.4. The van der Waals surface area contributed by atoms with Crippen molar-refractivity contribution < 1.29 is 14.8 Å². The number of rotatable bonds is 6. The Morgan fingerprint density at radius 2 is 1.77 bits per heavy atom. The number of nitro benzene ring substituents is 1. The monoisotopic (exact) mass is 318 g/mol. The highest BCUT2D eigenvalue weighted by Gasteiger charge is 2.06. The molecule has 0 heterocycles. The first-order valence-electron chi connectivity index (χ1n) is 6.46. The van der Waals surface area contributed by atoms with Gasteiger partial charge in [0.25, 0.3) is 5.69 Å². The fraction of sp³-hybridized carbons (Fsp3) is 0.133. The Morgan fingerprint density at radius 3 is 2.36 bits per heavy atom. The third-order valence-electron chi connectivity index (χ3n) is 2.84. The molecular weight excluding hydrogens is 304 g/mol. The molecule has 0 aliphatic carbocycles. The molecule has 2 aromatic rings. The quantitative estimate of drug-likeness (QED) is 0.485. The van der Waals surface area contributed by atoms with E-state index in [-0.39, 0.29) is 23.1 Å². The Bertz CT molecular complexity index is 656. The molecule has 2 N–H and O–H groups in total. The van der Waals surface area contributed by atoms with Crippen LogP contribution in [0.4, 0.5) is 5.69 Å². The minimum absolute atomic E-state index is 0.0259. The molecule has 0 saturated carbocycles. The largest absolute Gasteiger partial charge is 0.508 e. The number of hydrogen-bond acceptors (Lipinski definition) is 5. The Labute approximate surface area is 131 Å². The molecule has 2 aromatic carbocycles. The van der Waals surface area contributed by atoms with Crippen LogP contribution in [0.25, 0.3) is 0 Å². The minimum atomic E-state index is -0.462. The number of phenols is 1. The first kappa shape index (κ1) is 15.8. The van der Waals surface area contributed by atoms with Gasteiger partial charge < -0.3 is 10.4 Å². The molecule has 0 aliphatic rings. The fourth-order valence-electron chi connectivity index (χ4n) is 1.68. The van der Waals surface area contributed by atoms with Gasteiger partial charge in [-0.05, 0) is 29.8 Å². The number of carbonyl (C=O) groups excluding carboxylic acids is 1. The number of phenolic OH excluding ortho intramolecular Hbond substituents is 1. The average molecular weight is 318 g/mol. The van der Waals surface area contributed by atoms with Gasteiger partial charge in [0.05, 0.1) is 10.7 Å². The number of nitro groups is 1. The van der Waals surface area contributed by atoms with Gasteiger partial charge in [0.1, 0.15) is 5.75 Å². The summed E-state index contributed by atoms with van der Waals surface area (Å²) in [6.45, 7) is 0.326. The van der Waals surface area contributed by atoms with Crippen molar-refractivity contribution in [2.45, 2.75) is 11.4 Å². The van der Waals surface area contributed by atoms with E-state index in [0.717, 1.165) is 10.5 Å². The number of nitrogens with zero attached hydrogens (tertiary/aromatic N) is 1. The van der Waals surface area contributed by atoms with Crippen LogP contribution in [0.5, 0.6) is 5.75 Å². The second-order valence-electron chi connectivity index (χ2n) is 4.48. The summed E-state index contributed by atoms with van der Waals surface area (Å²) in [5.41, 5.74) is 0.826. The lowest BCUT2D eigenvalue weighted by atomic mass is 10.2. The SMILES string of the molecule is O=C(CSc1ccc(O)cc1)NCc1ccc([N+](=O)[O-])cc1. The van der Waals surface area contributed by atoms with Gasteiger partial charge in [0.2, 0.25) is 5.91 Å². The van der Waals surface area contributed by atoms with Crippen molar-refractivity contribution in [3.8, 4) is 5.75 Å². The molecule has 0 aliphatic heterocycles. The zero-order chi connectivity index (χ0) is 15.9. The summed E-state index contributed by atoms with van der Waals surface area (Å²) in [5, 5.41) is 22.5. The van der Waals surface area contributed by atoms with E-state index in [4.69, 9.17) is 5.11 Å². The van der Waals surface area contributed by atoms with Crippen LogP contribution in [-0.2, 0) is 11.3 Å². The van der Waals surface area contributed by atoms with Gasteiger partial charge in [0.15, 0.2) is 0 Å². The maximum atomic E-state index is 11.7. The Hall–Kier alpha value is -2.54. The van der Waals surface area contributed by atoms with Crippen LogP contribution in [0, 0.1) is 10.1 Å². The lowest BCUT2D eigenvalue weighted by molar-refractivity contribution is -0.384. The Balaban J connectivity index is 1.77. The van der Waals surface area contributed by atoms with Crippen molar-refractivity contribution in [2.75, 3.05) is 5.75 Å². The second kappa shape index (κ2) is 7.46. The lowest BCUT2D eigenvalue weighted by Gasteiger charge is -2.05. The van der Waals surface area contributed by atoms with Gasteiger partial charge >= 0.3 is 0 Å². The van der Waals surface area contributed by atoms with Crippen LogP contribution in [0.3, 0.4) is 0 Å². The molecule has 1 amide bonds. The molecule has 0 spiro atoms. The highest BCUT2D eigenvalue weighted by Crippen LogP contribution is 2.20. The van der Waals surface area contributed by atoms with E-state index in [2.05, 4.69) is 5.32 Å². The first-order chi connectivity index (χ1) is 10.5. The summed E-state index contributed by atoms with van der Waals surface area (Å²) in [5.74, 6) is 0.320. The second-order valence-corrected chi connectivity index (χ2v) is 5.53. The summed E-state index contributed by atoms with van der Waals surface area (Å²) in [6, 6.07) is 12.7. The number of benzene rings is 2. The first-order valence-corrected chi connectivity index (χ1v) is 7.45. The van der Waals surface area contributed by atoms with Gasteiger partial charge in [-0.15, -0.1) is 11.8 Å². The smallest absolute Gasteiger partial charge is 0.269 e. The topological polar surface area (TPSA) is 92.5 Å². The molecular formula is C15H14N2O4S. The maximum absolute atomic E-state index is 11.7. The zero-order valence-electron chi connectivity index (χ0n) is 11.6. The van der Waals surface area contributed by atoms with Crippen molar-refractivity contribution in [3.05, 3.63) is 64.2 Å². The van der Waals surface area contributed by atoms with E-state index < -0.39 is 4.92 Å². The molecule has 0 radical (unpaired) electrons. The van der Waals surface area contributed by atoms with Gasteiger partial charge in [-0.3, -0.25) is 14.9 Å². The van der Waals surface area contributed by atoms with Crippen LogP contribution in [-0.4, -0.2) is 21.7 Å². The van der Waals surface area contributed by atoms with Gasteiger partial charge in [-0.1, -0.05) is 12.1 Å². The molecule has 0 bridgehead atoms. The molecule has 2 rings (SSSR count). The van der Waals surface area contributed by atoms with Gasteiger partial charge in [-0.25, -0.2) is 0 Å². The van der Waals surface area contributed by atoms with E-state index in [0.29, 0.717) is 6.54 Å². The predicted molar refractivity (Wildman–Crippen MR) is 83.8 cm³/mol. The lowest BCUT2D eigenvalue weighted by Crippen LogP contribution is -2.24. The van der Waals surface area contributed by atoms with Crippen LogP contribution < -0.4 is 5.32 Å². The molecule has 22 heavy (non-hydrogen) atoms. The van der Waals surface area contributed by atoms with E-state index in [1.54, 1.807) is 36.4 Å². The van der Waals surface area contributed by atoms with Crippen LogP contribution in [0.2, 0.25) is 0 Å². The Kier molecular flexibility index (Phi) is 5.37. The molecule has 0 atom stereocenters. The van der Waals surface area contributed by atoms with Crippen molar-refractivity contribution in [2.24, 2.45) is 0 Å². The molecule has 0 saturated heterocycles. The average Bonchev–Trinajstić information content (AvgIpc) is 2.52. The highest BCUT2D eigenvalue weighted by atomic mass is 32.2. The van der Waals surface area contributed by atoms with E-state index in [1.165, 1.54) is 23.9 Å². The van der Waals surface area contributed by atoms with Gasteiger partial charge in [-0.2, -0.15) is 0 Å². The Morgan fingerprint density at radius 1 is 1.14 bits per heavy atom. The van der Waals surface area contributed by atoms with Crippen molar-refractivity contribution in [1.82, 2.24) is 5.32 Å². The molecule has 114 valence electrons.